The Hall–Kier alpha value is 0.748. The van der Waals surface area contributed by atoms with Gasteiger partial charge < -0.3 is 13.2 Å². The van der Waals surface area contributed by atoms with Crippen LogP contribution < -0.4 is 0 Å². The van der Waals surface area contributed by atoms with E-state index in [9.17, 15) is 0 Å². The molecular weight excluding hydrogens is 517 g/mol. The molecule has 0 bridgehead atoms. The zero-order chi connectivity index (χ0) is 28.6. The van der Waals surface area contributed by atoms with E-state index >= 15 is 0 Å². The van der Waals surface area contributed by atoms with Crippen LogP contribution in [0.1, 0.15) is 93.9 Å². The van der Waals surface area contributed by atoms with Crippen molar-refractivity contribution >= 4 is 33.1 Å². The number of hydrogen-bond donors (Lipinski definition) is 0. The number of unbranched alkanes of at least 4 members (excludes halogenated alkanes) is 2. The summed E-state index contributed by atoms with van der Waals surface area (Å²) in [6, 6.07) is 11.1. The average Bonchev–Trinajstić information content (AvgIpc) is 2.86. The number of rotatable bonds is 24. The van der Waals surface area contributed by atoms with Crippen LogP contribution in [-0.2, 0) is 4.12 Å². The minimum atomic E-state index is -1.64. The monoisotopic (exact) mass is 588 g/mol. The molecule has 37 heavy (non-hydrogen) atoms. The Morgan fingerprint density at radius 3 is 0.946 bits per heavy atom. The van der Waals surface area contributed by atoms with Crippen LogP contribution in [0.5, 0.6) is 0 Å². The smallest absolute Gasteiger partial charge is 0.173 e. The Labute approximate surface area is 240 Å². The first-order valence-electron chi connectivity index (χ1n) is 16.6. The van der Waals surface area contributed by atoms with Gasteiger partial charge in [-0.3, -0.25) is 0 Å². The van der Waals surface area contributed by atoms with Crippen molar-refractivity contribution in [3.05, 3.63) is 0 Å². The summed E-state index contributed by atoms with van der Waals surface area (Å²) in [6.45, 7) is 34.8. The second kappa shape index (κ2) is 19.0. The molecule has 0 rings (SSSR count). The van der Waals surface area contributed by atoms with E-state index in [1.54, 1.807) is 0 Å². The van der Waals surface area contributed by atoms with Crippen LogP contribution >= 0.6 is 0 Å². The SMILES string of the molecule is CCCCN(CCC[Si](C)(C)O[Si](C)(C)CCCN(CCCC)[Si](CC)(CC)CC)[Si](CC)(CC)CC. The van der Waals surface area contributed by atoms with Crippen LogP contribution in [0, 0.1) is 0 Å². The predicted octanol–water partition coefficient (Wildman–Crippen LogP) is 10.4. The first kappa shape index (κ1) is 37.7. The number of hydrogen-bond acceptors (Lipinski definition) is 3. The Morgan fingerprint density at radius 1 is 0.432 bits per heavy atom. The summed E-state index contributed by atoms with van der Waals surface area (Å²) >= 11 is 0. The normalized spacial score (nSPS) is 13.8. The molecular formula is C30H72N2OSi4. The van der Waals surface area contributed by atoms with Crippen molar-refractivity contribution in [2.24, 2.45) is 0 Å². The minimum absolute atomic E-state index is 1.28. The standard InChI is InChI=1S/C30H72N2OSi4/c1-13-21-25-31(36(15-3,16-4)17-5)27-23-29-34(9,10)33-35(11,12)30-24-28-32(26-22-14-2)37(18-6,19-7)20-8/h13-30H2,1-12H3. The topological polar surface area (TPSA) is 15.7 Å². The summed E-state index contributed by atoms with van der Waals surface area (Å²) in [4.78, 5) is 0. The molecule has 0 heterocycles. The van der Waals surface area contributed by atoms with Gasteiger partial charge >= 0.3 is 0 Å². The molecule has 0 amide bonds. The second-order valence-corrected chi connectivity index (χ2v) is 32.3. The summed E-state index contributed by atoms with van der Waals surface area (Å²) in [5.41, 5.74) is 0. The summed E-state index contributed by atoms with van der Waals surface area (Å²) in [5.74, 6) is 0. The molecule has 7 heteroatoms. The van der Waals surface area contributed by atoms with Gasteiger partial charge in [0.25, 0.3) is 0 Å². The Morgan fingerprint density at radius 2 is 0.703 bits per heavy atom. The van der Waals surface area contributed by atoms with Crippen LogP contribution in [0.3, 0.4) is 0 Å². The summed E-state index contributed by atoms with van der Waals surface area (Å²) in [7, 11) is -5.82. The van der Waals surface area contributed by atoms with Crippen LogP contribution in [0.4, 0.5) is 0 Å². The predicted molar refractivity (Wildman–Crippen MR) is 182 cm³/mol. The van der Waals surface area contributed by atoms with E-state index in [0.29, 0.717) is 0 Å². The summed E-state index contributed by atoms with van der Waals surface area (Å²) in [6.07, 6.45) is 8.03. The molecule has 0 unspecified atom stereocenters. The molecule has 0 saturated carbocycles. The molecule has 0 saturated heterocycles. The molecule has 0 aromatic rings. The van der Waals surface area contributed by atoms with Crippen molar-refractivity contribution in [3.63, 3.8) is 0 Å². The molecule has 0 spiro atoms. The summed E-state index contributed by atoms with van der Waals surface area (Å²) < 4.78 is 13.1. The largest absolute Gasteiger partial charge is 0.455 e. The molecule has 3 nitrogen and oxygen atoms in total. The maximum atomic E-state index is 7.14. The number of nitrogens with zero attached hydrogens (tertiary/aromatic N) is 2. The lowest BCUT2D eigenvalue weighted by Crippen LogP contribution is -2.53. The van der Waals surface area contributed by atoms with Crippen molar-refractivity contribution in [2.45, 2.75) is 168 Å². The summed E-state index contributed by atoms with van der Waals surface area (Å²) in [5, 5.41) is 0. The third-order valence-electron chi connectivity index (χ3n) is 9.82. The van der Waals surface area contributed by atoms with Crippen LogP contribution in [0.25, 0.3) is 0 Å². The molecule has 0 fully saturated rings. The van der Waals surface area contributed by atoms with Crippen LogP contribution in [-0.4, -0.2) is 68.4 Å². The van der Waals surface area contributed by atoms with Crippen LogP contribution in [0.2, 0.25) is 74.5 Å². The van der Waals surface area contributed by atoms with E-state index in [0.717, 1.165) is 0 Å². The maximum Gasteiger partial charge on any atom is 0.173 e. The van der Waals surface area contributed by atoms with Crippen molar-refractivity contribution < 1.29 is 4.12 Å². The molecule has 0 aromatic carbocycles. The maximum absolute atomic E-state index is 7.14. The molecule has 224 valence electrons. The first-order chi connectivity index (χ1) is 17.4. The molecule has 0 radical (unpaired) electrons. The lowest BCUT2D eigenvalue weighted by atomic mass is 10.3. The lowest BCUT2D eigenvalue weighted by Gasteiger charge is -2.42. The fraction of sp³-hybridized carbons (Fsp3) is 1.00. The quantitative estimate of drug-likeness (QED) is 0.104. The van der Waals surface area contributed by atoms with Gasteiger partial charge in [0.05, 0.1) is 0 Å². The van der Waals surface area contributed by atoms with Gasteiger partial charge in [-0.1, -0.05) is 68.2 Å². The second-order valence-electron chi connectivity index (χ2n) is 13.1. The van der Waals surface area contributed by atoms with E-state index in [2.05, 4.69) is 90.7 Å². The Kier molecular flexibility index (Phi) is 19.4. The molecule has 0 aliphatic carbocycles. The molecule has 0 aliphatic heterocycles. The average molecular weight is 589 g/mol. The van der Waals surface area contributed by atoms with Gasteiger partial charge in [-0.05, 0) is 126 Å². The van der Waals surface area contributed by atoms with E-state index in [4.69, 9.17) is 4.12 Å². The third-order valence-corrected chi connectivity index (χ3v) is 28.8. The van der Waals surface area contributed by atoms with E-state index in [1.807, 2.05) is 0 Å². The molecule has 0 N–H and O–H groups in total. The highest BCUT2D eigenvalue weighted by Gasteiger charge is 2.37. The first-order valence-corrected chi connectivity index (χ1v) is 28.0. The highest BCUT2D eigenvalue weighted by molar-refractivity contribution is 6.85. The van der Waals surface area contributed by atoms with Crippen molar-refractivity contribution in [1.82, 2.24) is 9.13 Å². The van der Waals surface area contributed by atoms with Gasteiger partial charge in [0.15, 0.2) is 16.6 Å². The van der Waals surface area contributed by atoms with Crippen molar-refractivity contribution in [3.8, 4) is 0 Å². The van der Waals surface area contributed by atoms with E-state index in [1.165, 1.54) is 113 Å². The van der Waals surface area contributed by atoms with E-state index in [-0.39, 0.29) is 0 Å². The molecule has 0 aromatic heterocycles. The van der Waals surface area contributed by atoms with Gasteiger partial charge in [-0.2, -0.15) is 0 Å². The van der Waals surface area contributed by atoms with Gasteiger partial charge in [-0.25, -0.2) is 0 Å². The third kappa shape index (κ3) is 12.9. The fourth-order valence-corrected chi connectivity index (χ4v) is 24.0. The minimum Gasteiger partial charge on any atom is -0.455 e. The van der Waals surface area contributed by atoms with Crippen molar-refractivity contribution in [1.29, 1.82) is 0 Å². The highest BCUT2D eigenvalue weighted by Crippen LogP contribution is 2.30. The van der Waals surface area contributed by atoms with E-state index < -0.39 is 33.1 Å². The molecule has 0 aliphatic rings. The zero-order valence-electron chi connectivity index (χ0n) is 28.0. The Balaban J connectivity index is 5.05. The van der Waals surface area contributed by atoms with Gasteiger partial charge in [-0.15, -0.1) is 0 Å². The van der Waals surface area contributed by atoms with Gasteiger partial charge in [0.2, 0.25) is 0 Å². The van der Waals surface area contributed by atoms with Gasteiger partial charge in [0, 0.05) is 0 Å². The highest BCUT2D eigenvalue weighted by atomic mass is 28.4. The van der Waals surface area contributed by atoms with Crippen LogP contribution in [0.15, 0.2) is 0 Å². The zero-order valence-corrected chi connectivity index (χ0v) is 32.0. The lowest BCUT2D eigenvalue weighted by molar-refractivity contribution is 0.393. The molecule has 0 atom stereocenters. The Bertz CT molecular complexity index is 501. The van der Waals surface area contributed by atoms with Gasteiger partial charge in [0.1, 0.15) is 16.5 Å². The van der Waals surface area contributed by atoms with Crippen molar-refractivity contribution in [2.75, 3.05) is 26.2 Å². The fourth-order valence-electron chi connectivity index (χ4n) is 6.95.